The highest BCUT2D eigenvalue weighted by Crippen LogP contribution is 2.28. The number of amides is 1. The molecule has 0 radical (unpaired) electrons. The SMILES string of the molecule is CC(=O)c1cnc(NC(=O)c2cc(-c3ccccc3)nc3onc(C)c23)s1. The van der Waals surface area contributed by atoms with Crippen LogP contribution in [0.3, 0.4) is 0 Å². The molecule has 27 heavy (non-hydrogen) atoms. The zero-order valence-corrected chi connectivity index (χ0v) is 15.3. The molecule has 1 N–H and O–H groups in total. The number of pyridine rings is 1. The van der Waals surface area contributed by atoms with E-state index in [-0.39, 0.29) is 11.7 Å². The normalized spacial score (nSPS) is 10.9. The number of hydrogen-bond donors (Lipinski definition) is 1. The molecule has 0 aliphatic heterocycles. The summed E-state index contributed by atoms with van der Waals surface area (Å²) in [5, 5.41) is 7.58. The number of hydrogen-bond acceptors (Lipinski definition) is 7. The summed E-state index contributed by atoms with van der Waals surface area (Å²) >= 11 is 1.13. The first-order valence-electron chi connectivity index (χ1n) is 8.13. The van der Waals surface area contributed by atoms with Gasteiger partial charge in [0.1, 0.15) is 0 Å². The third-order valence-electron chi connectivity index (χ3n) is 4.00. The molecule has 0 aliphatic rings. The molecule has 3 heterocycles. The van der Waals surface area contributed by atoms with Gasteiger partial charge >= 0.3 is 0 Å². The Morgan fingerprint density at radius 2 is 1.96 bits per heavy atom. The lowest BCUT2D eigenvalue weighted by Crippen LogP contribution is -2.13. The van der Waals surface area contributed by atoms with Gasteiger partial charge in [-0.2, -0.15) is 0 Å². The largest absolute Gasteiger partial charge is 0.335 e. The second-order valence-electron chi connectivity index (χ2n) is 5.91. The second kappa shape index (κ2) is 6.73. The van der Waals surface area contributed by atoms with Crippen molar-refractivity contribution in [2.75, 3.05) is 5.32 Å². The smallest absolute Gasteiger partial charge is 0.259 e. The van der Waals surface area contributed by atoms with Crippen LogP contribution in [-0.2, 0) is 0 Å². The topological polar surface area (TPSA) is 98.0 Å². The fourth-order valence-electron chi connectivity index (χ4n) is 2.69. The van der Waals surface area contributed by atoms with Gasteiger partial charge in [0.2, 0.25) is 0 Å². The molecule has 0 aliphatic carbocycles. The lowest BCUT2D eigenvalue weighted by Gasteiger charge is -2.06. The summed E-state index contributed by atoms with van der Waals surface area (Å²) in [6.45, 7) is 3.21. The Hall–Kier alpha value is -3.39. The molecule has 4 aromatic rings. The Bertz CT molecular complexity index is 1160. The molecule has 134 valence electrons. The van der Waals surface area contributed by atoms with Crippen LogP contribution >= 0.6 is 11.3 Å². The summed E-state index contributed by atoms with van der Waals surface area (Å²) in [5.74, 6) is -0.462. The molecule has 7 nitrogen and oxygen atoms in total. The molecular weight excluding hydrogens is 364 g/mol. The maximum Gasteiger partial charge on any atom is 0.259 e. The van der Waals surface area contributed by atoms with Gasteiger partial charge in [0, 0.05) is 12.5 Å². The summed E-state index contributed by atoms with van der Waals surface area (Å²) in [6.07, 6.45) is 1.45. The minimum atomic E-state index is -0.365. The van der Waals surface area contributed by atoms with Crippen LogP contribution in [-0.4, -0.2) is 26.8 Å². The quantitative estimate of drug-likeness (QED) is 0.537. The standard InChI is InChI=1S/C19H14N4O3S/c1-10-16-13(17(25)22-19-20-9-15(27-19)11(2)24)8-14(21-18(16)26-23-10)12-6-4-3-5-7-12/h3-9H,1-2H3,(H,20,22,25). The average molecular weight is 378 g/mol. The van der Waals surface area contributed by atoms with Gasteiger partial charge in [0.05, 0.1) is 33.4 Å². The summed E-state index contributed by atoms with van der Waals surface area (Å²) in [6, 6.07) is 11.2. The van der Waals surface area contributed by atoms with Gasteiger partial charge in [-0.15, -0.1) is 0 Å². The van der Waals surface area contributed by atoms with Crippen LogP contribution in [0, 0.1) is 6.92 Å². The number of nitrogens with zero attached hydrogens (tertiary/aromatic N) is 3. The summed E-state index contributed by atoms with van der Waals surface area (Å²) in [7, 11) is 0. The maximum absolute atomic E-state index is 12.9. The molecule has 0 atom stereocenters. The fourth-order valence-corrected chi connectivity index (χ4v) is 3.40. The van der Waals surface area contributed by atoms with Crippen LogP contribution in [0.1, 0.15) is 32.6 Å². The third-order valence-corrected chi connectivity index (χ3v) is 5.02. The molecule has 0 saturated heterocycles. The van der Waals surface area contributed by atoms with Gasteiger partial charge in [-0.25, -0.2) is 9.97 Å². The number of thiazole rings is 1. The Labute approximate surface area is 158 Å². The molecule has 3 aromatic heterocycles. The van der Waals surface area contributed by atoms with Crippen LogP contribution in [0.2, 0.25) is 0 Å². The van der Waals surface area contributed by atoms with Crippen molar-refractivity contribution in [3.63, 3.8) is 0 Å². The molecule has 0 bridgehead atoms. The lowest BCUT2D eigenvalue weighted by atomic mass is 10.1. The number of fused-ring (bicyclic) bond motifs is 1. The highest BCUT2D eigenvalue weighted by atomic mass is 32.1. The van der Waals surface area contributed by atoms with Crippen LogP contribution < -0.4 is 5.32 Å². The molecule has 8 heteroatoms. The number of aryl methyl sites for hydroxylation is 1. The maximum atomic E-state index is 12.9. The van der Waals surface area contributed by atoms with Gasteiger partial charge in [0.15, 0.2) is 10.9 Å². The van der Waals surface area contributed by atoms with Crippen molar-refractivity contribution in [1.29, 1.82) is 0 Å². The molecule has 0 unspecified atom stereocenters. The zero-order chi connectivity index (χ0) is 19.0. The van der Waals surface area contributed by atoms with Crippen molar-refractivity contribution in [3.8, 4) is 11.3 Å². The van der Waals surface area contributed by atoms with E-state index >= 15 is 0 Å². The molecule has 0 spiro atoms. The number of aromatic nitrogens is 3. The predicted octanol–water partition coefficient (Wildman–Crippen LogP) is 4.11. The van der Waals surface area contributed by atoms with Crippen LogP contribution in [0.5, 0.6) is 0 Å². The number of nitrogens with one attached hydrogen (secondary N) is 1. The second-order valence-corrected chi connectivity index (χ2v) is 6.94. The number of anilines is 1. The van der Waals surface area contributed by atoms with E-state index in [1.807, 2.05) is 30.3 Å². The first-order valence-corrected chi connectivity index (χ1v) is 8.95. The van der Waals surface area contributed by atoms with E-state index in [2.05, 4.69) is 20.4 Å². The van der Waals surface area contributed by atoms with E-state index in [1.165, 1.54) is 13.1 Å². The van der Waals surface area contributed by atoms with Crippen LogP contribution in [0.25, 0.3) is 22.4 Å². The van der Waals surface area contributed by atoms with E-state index in [4.69, 9.17) is 4.52 Å². The van der Waals surface area contributed by atoms with Crippen LogP contribution in [0.15, 0.2) is 47.1 Å². The molecule has 1 amide bonds. The Balaban J connectivity index is 1.77. The van der Waals surface area contributed by atoms with Gasteiger partial charge < -0.3 is 4.52 Å². The summed E-state index contributed by atoms with van der Waals surface area (Å²) in [4.78, 5) is 33.4. The number of carbonyl (C=O) groups excluding carboxylic acids is 2. The number of Topliss-reactive ketones (excluding diaryl/α,β-unsaturated/α-hetero) is 1. The van der Waals surface area contributed by atoms with E-state index in [9.17, 15) is 9.59 Å². The van der Waals surface area contributed by atoms with Gasteiger partial charge in [0.25, 0.3) is 11.6 Å². The summed E-state index contributed by atoms with van der Waals surface area (Å²) < 4.78 is 5.29. The van der Waals surface area contributed by atoms with Crippen molar-refractivity contribution in [2.24, 2.45) is 0 Å². The van der Waals surface area contributed by atoms with Crippen molar-refractivity contribution in [1.82, 2.24) is 15.1 Å². The minimum Gasteiger partial charge on any atom is -0.335 e. The molecule has 1 aromatic carbocycles. The van der Waals surface area contributed by atoms with Crippen molar-refractivity contribution < 1.29 is 14.1 Å². The van der Waals surface area contributed by atoms with Gasteiger partial charge in [-0.05, 0) is 13.0 Å². The Kier molecular flexibility index (Phi) is 4.25. The third kappa shape index (κ3) is 3.22. The van der Waals surface area contributed by atoms with Crippen LogP contribution in [0.4, 0.5) is 5.13 Å². The van der Waals surface area contributed by atoms with Crippen molar-refractivity contribution in [2.45, 2.75) is 13.8 Å². The van der Waals surface area contributed by atoms with E-state index in [0.29, 0.717) is 38.1 Å². The number of carbonyl (C=O) groups is 2. The lowest BCUT2D eigenvalue weighted by molar-refractivity contribution is 0.101. The number of rotatable bonds is 4. The Morgan fingerprint density at radius 3 is 2.67 bits per heavy atom. The number of ketones is 1. The molecular formula is C19H14N4O3S. The van der Waals surface area contributed by atoms with Gasteiger partial charge in [-0.3, -0.25) is 14.9 Å². The monoisotopic (exact) mass is 378 g/mol. The highest BCUT2D eigenvalue weighted by Gasteiger charge is 2.20. The zero-order valence-electron chi connectivity index (χ0n) is 14.5. The first kappa shape index (κ1) is 17.0. The van der Waals surface area contributed by atoms with Crippen molar-refractivity contribution >= 4 is 39.3 Å². The Morgan fingerprint density at radius 1 is 1.19 bits per heavy atom. The molecule has 0 saturated carbocycles. The summed E-state index contributed by atoms with van der Waals surface area (Å²) in [5.41, 5.74) is 2.72. The van der Waals surface area contributed by atoms with E-state index in [1.54, 1.807) is 13.0 Å². The first-order chi connectivity index (χ1) is 13.0. The highest BCUT2D eigenvalue weighted by molar-refractivity contribution is 7.17. The van der Waals surface area contributed by atoms with Crippen molar-refractivity contribution in [3.05, 3.63) is 58.7 Å². The minimum absolute atomic E-state index is 0.0967. The van der Waals surface area contributed by atoms with Gasteiger partial charge in [-0.1, -0.05) is 46.8 Å². The molecule has 0 fully saturated rings. The predicted molar refractivity (Wildman–Crippen MR) is 102 cm³/mol. The fraction of sp³-hybridized carbons (Fsp3) is 0.105. The van der Waals surface area contributed by atoms with E-state index < -0.39 is 0 Å². The molecule has 4 rings (SSSR count). The number of benzene rings is 1. The average Bonchev–Trinajstić information content (AvgIpc) is 3.29. The van der Waals surface area contributed by atoms with E-state index in [0.717, 1.165) is 16.9 Å².